The summed E-state index contributed by atoms with van der Waals surface area (Å²) in [5, 5.41) is 10.2. The summed E-state index contributed by atoms with van der Waals surface area (Å²) in [6.07, 6.45) is -2.37. The largest absolute Gasteiger partial charge is 0.416 e. The fraction of sp³-hybridized carbons (Fsp3) is 0.217. The van der Waals surface area contributed by atoms with Gasteiger partial charge in [-0.1, -0.05) is 12.1 Å². The molecule has 0 unspecified atom stereocenters. The van der Waals surface area contributed by atoms with Gasteiger partial charge >= 0.3 is 6.18 Å². The van der Waals surface area contributed by atoms with Crippen LogP contribution in [0.15, 0.2) is 42.6 Å². The first-order chi connectivity index (χ1) is 16.7. The summed E-state index contributed by atoms with van der Waals surface area (Å²) in [6, 6.07) is 7.50. The highest BCUT2D eigenvalue weighted by molar-refractivity contribution is 6.07. The Hall–Kier alpha value is -4.22. The van der Waals surface area contributed by atoms with Crippen molar-refractivity contribution in [1.29, 1.82) is 0 Å². The lowest BCUT2D eigenvalue weighted by Crippen LogP contribution is -2.31. The van der Waals surface area contributed by atoms with Gasteiger partial charge in [0.2, 0.25) is 5.95 Å². The van der Waals surface area contributed by atoms with Crippen molar-refractivity contribution < 1.29 is 22.4 Å². The quantitative estimate of drug-likeness (QED) is 0.371. The van der Waals surface area contributed by atoms with Crippen LogP contribution in [-0.4, -0.2) is 32.6 Å². The molecule has 0 radical (unpaired) electrons. The van der Waals surface area contributed by atoms with Gasteiger partial charge in [0.1, 0.15) is 11.6 Å². The molecule has 1 amide bonds. The van der Waals surface area contributed by atoms with Crippen molar-refractivity contribution in [3.8, 4) is 0 Å². The summed E-state index contributed by atoms with van der Waals surface area (Å²) in [5.41, 5.74) is 6.26. The number of anilines is 2. The number of nitrogens with zero attached hydrogens (tertiary/aromatic N) is 4. The second kappa shape index (κ2) is 8.53. The molecule has 8 nitrogen and oxygen atoms in total. The minimum Gasteiger partial charge on any atom is -0.366 e. The first-order valence-electron chi connectivity index (χ1n) is 10.7. The number of benzene rings is 2. The van der Waals surface area contributed by atoms with Gasteiger partial charge < -0.3 is 16.0 Å². The number of halogens is 4. The predicted octanol–water partition coefficient (Wildman–Crippen LogP) is 3.78. The molecule has 5 rings (SSSR count). The number of aromatic nitrogens is 4. The standard InChI is InChI=1S/C23H19F4N7O/c24-17-6-2-5-16(23(25,26)27)15(17)10-29-21-14-4-1-3-13(20(28)35)19(14)31-22(32-21)34-8-7-18-12(11-34)9-30-33-18/h1-6,9H,7-8,10-11H2,(H2,28,35)(H,30,33)(H,29,31,32). The van der Waals surface area contributed by atoms with Crippen LogP contribution in [0.5, 0.6) is 0 Å². The van der Waals surface area contributed by atoms with Crippen molar-refractivity contribution in [2.75, 3.05) is 16.8 Å². The number of nitrogens with one attached hydrogen (secondary N) is 2. The topological polar surface area (TPSA) is 113 Å². The molecule has 0 spiro atoms. The first kappa shape index (κ1) is 22.6. The number of carbonyl (C=O) groups excluding carboxylic acids is 1. The zero-order chi connectivity index (χ0) is 24.7. The summed E-state index contributed by atoms with van der Waals surface area (Å²) >= 11 is 0. The molecule has 4 aromatic rings. The fourth-order valence-corrected chi connectivity index (χ4v) is 4.18. The molecule has 180 valence electrons. The number of primary amides is 1. The molecule has 1 aliphatic rings. The van der Waals surface area contributed by atoms with E-state index in [0.29, 0.717) is 24.9 Å². The van der Waals surface area contributed by atoms with E-state index in [1.165, 1.54) is 6.07 Å². The van der Waals surface area contributed by atoms with Crippen LogP contribution >= 0.6 is 0 Å². The molecular formula is C23H19F4N7O. The van der Waals surface area contributed by atoms with Crippen molar-refractivity contribution in [2.24, 2.45) is 5.73 Å². The van der Waals surface area contributed by atoms with Crippen LogP contribution in [0.3, 0.4) is 0 Å². The molecule has 0 fully saturated rings. The molecule has 0 saturated carbocycles. The number of para-hydroxylation sites is 1. The molecule has 2 aromatic carbocycles. The van der Waals surface area contributed by atoms with Gasteiger partial charge in [-0.25, -0.2) is 9.37 Å². The summed E-state index contributed by atoms with van der Waals surface area (Å²) in [7, 11) is 0. The van der Waals surface area contributed by atoms with Gasteiger partial charge in [0.25, 0.3) is 5.91 Å². The molecule has 0 aliphatic carbocycles. The molecule has 2 aromatic heterocycles. The van der Waals surface area contributed by atoms with Crippen LogP contribution in [0.4, 0.5) is 29.3 Å². The molecular weight excluding hydrogens is 466 g/mol. The van der Waals surface area contributed by atoms with E-state index in [-0.39, 0.29) is 22.8 Å². The minimum absolute atomic E-state index is 0.136. The lowest BCUT2D eigenvalue weighted by Gasteiger charge is -2.27. The van der Waals surface area contributed by atoms with Crippen LogP contribution < -0.4 is 16.0 Å². The number of hydrogen-bond acceptors (Lipinski definition) is 6. The van der Waals surface area contributed by atoms with Crippen LogP contribution in [0, 0.1) is 5.82 Å². The highest BCUT2D eigenvalue weighted by atomic mass is 19.4. The minimum atomic E-state index is -4.73. The van der Waals surface area contributed by atoms with Crippen LogP contribution in [0.2, 0.25) is 0 Å². The molecule has 0 atom stereocenters. The molecule has 0 bridgehead atoms. The Labute approximate surface area is 196 Å². The Balaban J connectivity index is 1.58. The lowest BCUT2D eigenvalue weighted by atomic mass is 10.1. The average molecular weight is 485 g/mol. The Morgan fingerprint density at radius 2 is 1.97 bits per heavy atom. The van der Waals surface area contributed by atoms with Gasteiger partial charge in [-0.05, 0) is 24.3 Å². The van der Waals surface area contributed by atoms with Crippen LogP contribution in [-0.2, 0) is 25.7 Å². The number of aromatic amines is 1. The maximum Gasteiger partial charge on any atom is 0.416 e. The zero-order valence-electron chi connectivity index (χ0n) is 18.2. The van der Waals surface area contributed by atoms with Crippen LogP contribution in [0.25, 0.3) is 10.9 Å². The number of alkyl halides is 3. The van der Waals surface area contributed by atoms with Gasteiger partial charge in [0.05, 0.1) is 22.8 Å². The van der Waals surface area contributed by atoms with Gasteiger partial charge in [0, 0.05) is 48.3 Å². The van der Waals surface area contributed by atoms with E-state index < -0.39 is 35.6 Å². The average Bonchev–Trinajstić information content (AvgIpc) is 3.29. The van der Waals surface area contributed by atoms with Crippen molar-refractivity contribution in [3.63, 3.8) is 0 Å². The van der Waals surface area contributed by atoms with E-state index in [1.54, 1.807) is 18.3 Å². The maximum atomic E-state index is 14.4. The Morgan fingerprint density at radius 3 is 2.74 bits per heavy atom. The van der Waals surface area contributed by atoms with E-state index >= 15 is 0 Å². The highest BCUT2D eigenvalue weighted by Gasteiger charge is 2.34. The van der Waals surface area contributed by atoms with E-state index in [1.807, 2.05) is 4.90 Å². The Bertz CT molecular complexity index is 1430. The van der Waals surface area contributed by atoms with Crippen molar-refractivity contribution >= 4 is 28.6 Å². The van der Waals surface area contributed by atoms with E-state index in [9.17, 15) is 22.4 Å². The number of fused-ring (bicyclic) bond motifs is 2. The van der Waals surface area contributed by atoms with Crippen molar-refractivity contribution in [2.45, 2.75) is 25.7 Å². The number of H-pyrrole nitrogens is 1. The van der Waals surface area contributed by atoms with Gasteiger partial charge in [-0.15, -0.1) is 0 Å². The Kier molecular flexibility index (Phi) is 5.50. The van der Waals surface area contributed by atoms with E-state index in [0.717, 1.165) is 29.5 Å². The van der Waals surface area contributed by atoms with Gasteiger partial charge in [-0.2, -0.15) is 23.3 Å². The molecule has 1 aliphatic heterocycles. The summed E-state index contributed by atoms with van der Waals surface area (Å²) in [4.78, 5) is 23.0. The summed E-state index contributed by atoms with van der Waals surface area (Å²) < 4.78 is 54.8. The van der Waals surface area contributed by atoms with E-state index in [4.69, 9.17) is 5.73 Å². The number of carbonyl (C=O) groups is 1. The SMILES string of the molecule is NC(=O)c1cccc2c(NCc3c(F)cccc3C(F)(F)F)nc(N3CCc4[nH]ncc4C3)nc12. The third kappa shape index (κ3) is 4.22. The summed E-state index contributed by atoms with van der Waals surface area (Å²) in [6.45, 7) is 0.505. The Morgan fingerprint density at radius 1 is 1.17 bits per heavy atom. The second-order valence-electron chi connectivity index (χ2n) is 8.10. The van der Waals surface area contributed by atoms with Crippen LogP contribution in [0.1, 0.15) is 32.7 Å². The highest BCUT2D eigenvalue weighted by Crippen LogP contribution is 2.34. The first-order valence-corrected chi connectivity index (χ1v) is 10.7. The number of rotatable bonds is 5. The third-order valence-electron chi connectivity index (χ3n) is 5.92. The molecule has 0 saturated heterocycles. The third-order valence-corrected chi connectivity index (χ3v) is 5.92. The predicted molar refractivity (Wildman–Crippen MR) is 120 cm³/mol. The van der Waals surface area contributed by atoms with Gasteiger partial charge in [0.15, 0.2) is 0 Å². The van der Waals surface area contributed by atoms with Gasteiger partial charge in [-0.3, -0.25) is 9.89 Å². The van der Waals surface area contributed by atoms with E-state index in [2.05, 4.69) is 25.5 Å². The second-order valence-corrected chi connectivity index (χ2v) is 8.10. The fourth-order valence-electron chi connectivity index (χ4n) is 4.18. The molecule has 3 heterocycles. The zero-order valence-corrected chi connectivity index (χ0v) is 18.2. The monoisotopic (exact) mass is 485 g/mol. The van der Waals surface area contributed by atoms with Crippen molar-refractivity contribution in [1.82, 2.24) is 20.2 Å². The molecule has 4 N–H and O–H groups in total. The summed E-state index contributed by atoms with van der Waals surface area (Å²) in [5.74, 6) is -1.30. The smallest absolute Gasteiger partial charge is 0.366 e. The number of nitrogens with two attached hydrogens (primary N) is 1. The lowest BCUT2D eigenvalue weighted by molar-refractivity contribution is -0.138. The number of amides is 1. The number of hydrogen-bond donors (Lipinski definition) is 3. The normalized spacial score (nSPS) is 13.7. The molecule has 35 heavy (non-hydrogen) atoms. The molecule has 12 heteroatoms. The van der Waals surface area contributed by atoms with Crippen molar-refractivity contribution in [3.05, 3.63) is 76.4 Å². The maximum absolute atomic E-state index is 14.4.